The quantitative estimate of drug-likeness (QED) is 0.856. The first-order chi connectivity index (χ1) is 7.70. The number of nitrogens with two attached hydrogens (primary N) is 1. The van der Waals surface area contributed by atoms with Gasteiger partial charge in [0.25, 0.3) is 0 Å². The highest BCUT2D eigenvalue weighted by atomic mass is 35.5. The first-order valence-corrected chi connectivity index (χ1v) is 6.41. The average molecular weight is 254 g/mol. The normalized spacial score (nSPS) is 10.6. The van der Waals surface area contributed by atoms with E-state index >= 15 is 0 Å². The van der Waals surface area contributed by atoms with Gasteiger partial charge in [-0.1, -0.05) is 29.8 Å². The van der Waals surface area contributed by atoms with E-state index in [2.05, 4.69) is 5.10 Å². The van der Waals surface area contributed by atoms with Crippen LogP contribution in [0.4, 0.5) is 5.82 Å². The van der Waals surface area contributed by atoms with Crippen LogP contribution in [0.1, 0.15) is 5.56 Å². The van der Waals surface area contributed by atoms with Gasteiger partial charge < -0.3 is 5.73 Å². The van der Waals surface area contributed by atoms with Gasteiger partial charge in [-0.2, -0.15) is 5.10 Å². The molecule has 16 heavy (non-hydrogen) atoms. The van der Waals surface area contributed by atoms with Crippen LogP contribution in [0, 0.1) is 0 Å². The number of nitrogen functional groups attached to an aromatic ring is 1. The molecule has 84 valence electrons. The molecule has 0 saturated heterocycles. The molecule has 2 aromatic rings. The Morgan fingerprint density at radius 3 is 2.81 bits per heavy atom. The van der Waals surface area contributed by atoms with E-state index in [-0.39, 0.29) is 0 Å². The summed E-state index contributed by atoms with van der Waals surface area (Å²) in [5.74, 6) is 0.657. The van der Waals surface area contributed by atoms with E-state index in [0.29, 0.717) is 12.4 Å². The van der Waals surface area contributed by atoms with Crippen molar-refractivity contribution in [2.75, 3.05) is 12.0 Å². The fraction of sp³-hybridized carbons (Fsp3) is 0.182. The number of rotatable bonds is 3. The Morgan fingerprint density at radius 2 is 2.19 bits per heavy atom. The van der Waals surface area contributed by atoms with Crippen LogP contribution in [0.3, 0.4) is 0 Å². The lowest BCUT2D eigenvalue weighted by molar-refractivity contribution is 0.675. The summed E-state index contributed by atoms with van der Waals surface area (Å²) in [5, 5.41) is 6.02. The number of hydrogen-bond donors (Lipinski definition) is 1. The topological polar surface area (TPSA) is 43.8 Å². The Bertz CT molecular complexity index is 496. The minimum Gasteiger partial charge on any atom is -0.384 e. The van der Waals surface area contributed by atoms with E-state index in [1.807, 2.05) is 36.6 Å². The molecule has 2 rings (SSSR count). The Hall–Kier alpha value is -1.13. The summed E-state index contributed by atoms with van der Waals surface area (Å²) in [6.45, 7) is 0.603. The maximum atomic E-state index is 6.08. The number of thioether (sulfide) groups is 1. The van der Waals surface area contributed by atoms with E-state index < -0.39 is 0 Å². The van der Waals surface area contributed by atoms with Gasteiger partial charge in [0.05, 0.1) is 6.54 Å². The second kappa shape index (κ2) is 4.80. The molecule has 1 aromatic carbocycles. The maximum Gasteiger partial charge on any atom is 0.123 e. The largest absolute Gasteiger partial charge is 0.384 e. The number of halogens is 1. The first kappa shape index (κ1) is 11.4. The number of benzene rings is 1. The van der Waals surface area contributed by atoms with Crippen molar-refractivity contribution >= 4 is 29.2 Å². The molecule has 5 heteroatoms. The zero-order chi connectivity index (χ0) is 11.5. The van der Waals surface area contributed by atoms with Crippen molar-refractivity contribution in [3.8, 4) is 0 Å². The highest BCUT2D eigenvalue weighted by Gasteiger charge is 2.06. The Kier molecular flexibility index (Phi) is 3.41. The number of nitrogens with zero attached hydrogens (tertiary/aromatic N) is 2. The molecular weight excluding hydrogens is 242 g/mol. The summed E-state index contributed by atoms with van der Waals surface area (Å²) >= 11 is 7.65. The zero-order valence-corrected chi connectivity index (χ0v) is 10.4. The number of anilines is 1. The Balaban J connectivity index is 2.27. The number of aromatic nitrogens is 2. The molecule has 0 aliphatic carbocycles. The summed E-state index contributed by atoms with van der Waals surface area (Å²) in [5.41, 5.74) is 6.88. The van der Waals surface area contributed by atoms with E-state index in [1.54, 1.807) is 16.4 Å². The van der Waals surface area contributed by atoms with Crippen LogP contribution in [0.5, 0.6) is 0 Å². The molecule has 1 heterocycles. The maximum absolute atomic E-state index is 6.08. The number of hydrogen-bond acceptors (Lipinski definition) is 3. The summed E-state index contributed by atoms with van der Waals surface area (Å²) in [6, 6.07) is 9.57. The molecule has 3 nitrogen and oxygen atoms in total. The Labute approximate surface area is 104 Å². The minimum atomic E-state index is 0.603. The van der Waals surface area contributed by atoms with Crippen molar-refractivity contribution in [3.63, 3.8) is 0 Å². The van der Waals surface area contributed by atoms with Gasteiger partial charge in [0.15, 0.2) is 0 Å². The molecule has 2 N–H and O–H groups in total. The fourth-order valence-electron chi connectivity index (χ4n) is 1.42. The second-order valence-electron chi connectivity index (χ2n) is 3.36. The van der Waals surface area contributed by atoms with Gasteiger partial charge in [0, 0.05) is 11.1 Å². The van der Waals surface area contributed by atoms with Crippen LogP contribution in [-0.4, -0.2) is 16.0 Å². The van der Waals surface area contributed by atoms with Crippen molar-refractivity contribution in [3.05, 3.63) is 40.9 Å². The molecule has 0 unspecified atom stereocenters. The smallest absolute Gasteiger partial charge is 0.123 e. The van der Waals surface area contributed by atoms with Gasteiger partial charge in [0.2, 0.25) is 0 Å². The van der Waals surface area contributed by atoms with Crippen LogP contribution in [0.2, 0.25) is 5.02 Å². The first-order valence-electron chi connectivity index (χ1n) is 4.81. The fourth-order valence-corrected chi connectivity index (χ4v) is 2.04. The second-order valence-corrected chi connectivity index (χ2v) is 4.59. The van der Waals surface area contributed by atoms with Crippen molar-refractivity contribution in [2.24, 2.45) is 0 Å². The summed E-state index contributed by atoms with van der Waals surface area (Å²) in [4.78, 5) is 0. The third kappa shape index (κ3) is 2.33. The lowest BCUT2D eigenvalue weighted by Gasteiger charge is -2.05. The molecule has 0 fully saturated rings. The van der Waals surface area contributed by atoms with Crippen molar-refractivity contribution in [1.82, 2.24) is 9.78 Å². The van der Waals surface area contributed by atoms with Crippen LogP contribution in [0.15, 0.2) is 35.4 Å². The van der Waals surface area contributed by atoms with Crippen LogP contribution in [-0.2, 0) is 6.54 Å². The van der Waals surface area contributed by atoms with Crippen LogP contribution >= 0.6 is 23.4 Å². The van der Waals surface area contributed by atoms with E-state index in [0.717, 1.165) is 15.6 Å². The van der Waals surface area contributed by atoms with Crippen LogP contribution in [0.25, 0.3) is 0 Å². The minimum absolute atomic E-state index is 0.603. The highest BCUT2D eigenvalue weighted by Crippen LogP contribution is 2.20. The van der Waals surface area contributed by atoms with Gasteiger partial charge in [-0.05, 0) is 17.9 Å². The average Bonchev–Trinajstić information content (AvgIpc) is 2.63. The predicted molar refractivity (Wildman–Crippen MR) is 69.0 cm³/mol. The standard InChI is InChI=1S/C11H12ClN3S/c1-16-11-6-10(13)15(14-11)7-8-4-2-3-5-9(8)12/h2-6H,7,13H2,1H3. The summed E-state index contributed by atoms with van der Waals surface area (Å²) in [6.07, 6.45) is 1.97. The molecule has 1 aromatic heterocycles. The summed E-state index contributed by atoms with van der Waals surface area (Å²) < 4.78 is 1.76. The van der Waals surface area contributed by atoms with Crippen molar-refractivity contribution < 1.29 is 0 Å². The molecule has 0 aliphatic heterocycles. The van der Waals surface area contributed by atoms with Crippen LogP contribution < -0.4 is 5.73 Å². The lowest BCUT2D eigenvalue weighted by Crippen LogP contribution is -2.06. The molecule has 0 saturated carbocycles. The molecule has 0 amide bonds. The van der Waals surface area contributed by atoms with Gasteiger partial charge in [0.1, 0.15) is 10.8 Å². The van der Waals surface area contributed by atoms with Gasteiger partial charge in [-0.25, -0.2) is 4.68 Å². The highest BCUT2D eigenvalue weighted by molar-refractivity contribution is 7.98. The molecule has 0 aliphatic rings. The lowest BCUT2D eigenvalue weighted by atomic mass is 10.2. The SMILES string of the molecule is CSc1cc(N)n(Cc2ccccc2Cl)n1. The van der Waals surface area contributed by atoms with Crippen molar-refractivity contribution in [1.29, 1.82) is 0 Å². The Morgan fingerprint density at radius 1 is 1.44 bits per heavy atom. The van der Waals surface area contributed by atoms with Gasteiger partial charge in [-0.15, -0.1) is 11.8 Å². The molecular formula is C11H12ClN3S. The molecule has 0 radical (unpaired) electrons. The van der Waals surface area contributed by atoms with Crippen molar-refractivity contribution in [2.45, 2.75) is 11.6 Å². The molecule has 0 spiro atoms. The van der Waals surface area contributed by atoms with E-state index in [9.17, 15) is 0 Å². The van der Waals surface area contributed by atoms with E-state index in [4.69, 9.17) is 17.3 Å². The molecule has 0 bridgehead atoms. The third-order valence-electron chi connectivity index (χ3n) is 2.28. The van der Waals surface area contributed by atoms with E-state index in [1.165, 1.54) is 0 Å². The van der Waals surface area contributed by atoms with Gasteiger partial charge in [-0.3, -0.25) is 0 Å². The zero-order valence-electron chi connectivity index (χ0n) is 8.85. The monoisotopic (exact) mass is 253 g/mol. The molecule has 0 atom stereocenters. The predicted octanol–water partition coefficient (Wildman–Crippen LogP) is 2.89. The summed E-state index contributed by atoms with van der Waals surface area (Å²) in [7, 11) is 0. The third-order valence-corrected chi connectivity index (χ3v) is 3.26. The van der Waals surface area contributed by atoms with Gasteiger partial charge >= 0.3 is 0 Å².